The van der Waals surface area contributed by atoms with E-state index in [1.54, 1.807) is 17.7 Å². The van der Waals surface area contributed by atoms with Crippen molar-refractivity contribution in [3.05, 3.63) is 24.0 Å². The lowest BCUT2D eigenvalue weighted by molar-refractivity contribution is 0.189. The molecule has 0 saturated heterocycles. The molecular weight excluding hydrogens is 197 g/mol. The van der Waals surface area contributed by atoms with Gasteiger partial charge >= 0.3 is 0 Å². The second kappa shape index (κ2) is 3.86. The maximum Gasteiger partial charge on any atom is 0.201 e. The summed E-state index contributed by atoms with van der Waals surface area (Å²) in [4.78, 5) is 4.07. The minimum Gasteiger partial charge on any atom is -0.383 e. The molecule has 5 heteroatoms. The van der Waals surface area contributed by atoms with Crippen LogP contribution in [0.5, 0.6) is 0 Å². The van der Waals surface area contributed by atoms with Crippen LogP contribution in [0, 0.1) is 5.82 Å². The number of anilines is 1. The third kappa shape index (κ3) is 1.78. The van der Waals surface area contributed by atoms with E-state index >= 15 is 0 Å². The van der Waals surface area contributed by atoms with Crippen LogP contribution in [0.4, 0.5) is 10.3 Å². The van der Waals surface area contributed by atoms with Gasteiger partial charge in [-0.15, -0.1) is 0 Å². The largest absolute Gasteiger partial charge is 0.383 e. The molecule has 0 aliphatic carbocycles. The molecule has 1 heterocycles. The predicted molar refractivity (Wildman–Crippen MR) is 56.0 cm³/mol. The van der Waals surface area contributed by atoms with Gasteiger partial charge in [-0.1, -0.05) is 0 Å². The third-order valence-electron chi connectivity index (χ3n) is 2.26. The third-order valence-corrected chi connectivity index (χ3v) is 2.26. The smallest absolute Gasteiger partial charge is 0.201 e. The Morgan fingerprint density at radius 2 is 2.33 bits per heavy atom. The Balaban J connectivity index is 2.48. The number of nitrogens with zero attached hydrogens (tertiary/aromatic N) is 2. The monoisotopic (exact) mass is 209 g/mol. The lowest BCUT2D eigenvalue weighted by Crippen LogP contribution is -2.07. The van der Waals surface area contributed by atoms with Crippen molar-refractivity contribution in [3.8, 4) is 0 Å². The Bertz CT molecular complexity index is 481. The Hall–Kier alpha value is -1.62. The summed E-state index contributed by atoms with van der Waals surface area (Å²) in [5, 5.41) is 0. The predicted octanol–water partition coefficient (Wildman–Crippen LogP) is 1.40. The second-order valence-corrected chi connectivity index (χ2v) is 3.25. The fraction of sp³-hybridized carbons (Fsp3) is 0.300. The van der Waals surface area contributed by atoms with Crippen LogP contribution in [0.1, 0.15) is 0 Å². The highest BCUT2D eigenvalue weighted by molar-refractivity contribution is 5.78. The molecule has 0 spiro atoms. The summed E-state index contributed by atoms with van der Waals surface area (Å²) < 4.78 is 19.7. The summed E-state index contributed by atoms with van der Waals surface area (Å²) in [6, 6.07) is 4.44. The zero-order valence-electron chi connectivity index (χ0n) is 8.40. The van der Waals surface area contributed by atoms with Gasteiger partial charge in [-0.2, -0.15) is 0 Å². The van der Waals surface area contributed by atoms with Gasteiger partial charge < -0.3 is 15.0 Å². The van der Waals surface area contributed by atoms with E-state index in [1.165, 1.54) is 12.1 Å². The van der Waals surface area contributed by atoms with Crippen LogP contribution >= 0.6 is 0 Å². The quantitative estimate of drug-likeness (QED) is 0.831. The first kappa shape index (κ1) is 9.92. The van der Waals surface area contributed by atoms with Gasteiger partial charge in [0.15, 0.2) is 0 Å². The highest BCUT2D eigenvalue weighted by Gasteiger charge is 2.07. The van der Waals surface area contributed by atoms with Crippen molar-refractivity contribution in [1.82, 2.24) is 9.55 Å². The number of fused-ring (bicyclic) bond motifs is 1. The van der Waals surface area contributed by atoms with E-state index in [-0.39, 0.29) is 5.82 Å². The van der Waals surface area contributed by atoms with Gasteiger partial charge in [0.1, 0.15) is 5.82 Å². The molecule has 0 saturated carbocycles. The van der Waals surface area contributed by atoms with Gasteiger partial charge in [0, 0.05) is 19.7 Å². The zero-order chi connectivity index (χ0) is 10.8. The molecule has 2 rings (SSSR count). The highest BCUT2D eigenvalue weighted by Crippen LogP contribution is 2.18. The van der Waals surface area contributed by atoms with E-state index < -0.39 is 0 Å². The van der Waals surface area contributed by atoms with Crippen molar-refractivity contribution < 1.29 is 9.13 Å². The topological polar surface area (TPSA) is 53.1 Å². The van der Waals surface area contributed by atoms with E-state index in [4.69, 9.17) is 10.5 Å². The Kier molecular flexibility index (Phi) is 2.55. The molecule has 0 radical (unpaired) electrons. The van der Waals surface area contributed by atoms with Gasteiger partial charge in [0.2, 0.25) is 5.95 Å². The van der Waals surface area contributed by atoms with Gasteiger partial charge in [-0.25, -0.2) is 9.37 Å². The van der Waals surface area contributed by atoms with Crippen LogP contribution in [0.2, 0.25) is 0 Å². The SMILES string of the molecule is COCCn1c(N)nc2cc(F)ccc21. The van der Waals surface area contributed by atoms with Crippen LogP contribution in [0.25, 0.3) is 11.0 Å². The first-order chi connectivity index (χ1) is 7.22. The van der Waals surface area contributed by atoms with Crippen molar-refractivity contribution in [3.63, 3.8) is 0 Å². The van der Waals surface area contributed by atoms with E-state index in [2.05, 4.69) is 4.98 Å². The van der Waals surface area contributed by atoms with Gasteiger partial charge in [0.05, 0.1) is 17.6 Å². The van der Waals surface area contributed by atoms with Crippen LogP contribution < -0.4 is 5.73 Å². The highest BCUT2D eigenvalue weighted by atomic mass is 19.1. The van der Waals surface area contributed by atoms with E-state index in [0.29, 0.717) is 24.6 Å². The minimum absolute atomic E-state index is 0.307. The average Bonchev–Trinajstić information content (AvgIpc) is 2.50. The number of halogens is 1. The Morgan fingerprint density at radius 1 is 1.53 bits per heavy atom. The molecule has 15 heavy (non-hydrogen) atoms. The molecule has 0 atom stereocenters. The fourth-order valence-electron chi connectivity index (χ4n) is 1.54. The van der Waals surface area contributed by atoms with Crippen molar-refractivity contribution in [2.75, 3.05) is 19.5 Å². The molecule has 1 aromatic carbocycles. The summed E-state index contributed by atoms with van der Waals surface area (Å²) in [7, 11) is 1.62. The number of methoxy groups -OCH3 is 1. The van der Waals surface area contributed by atoms with E-state index in [0.717, 1.165) is 5.52 Å². The molecule has 80 valence electrons. The lowest BCUT2D eigenvalue weighted by Gasteiger charge is -2.04. The molecule has 0 amide bonds. The van der Waals surface area contributed by atoms with Crippen molar-refractivity contribution in [1.29, 1.82) is 0 Å². The van der Waals surface area contributed by atoms with Crippen molar-refractivity contribution in [2.24, 2.45) is 0 Å². The fourth-order valence-corrected chi connectivity index (χ4v) is 1.54. The summed E-state index contributed by atoms with van der Waals surface area (Å²) in [5.74, 6) is 0.0755. The van der Waals surface area contributed by atoms with Crippen LogP contribution in [0.15, 0.2) is 18.2 Å². The molecule has 0 fully saturated rings. The van der Waals surface area contributed by atoms with Crippen LogP contribution in [-0.4, -0.2) is 23.3 Å². The summed E-state index contributed by atoms with van der Waals surface area (Å²) in [6.45, 7) is 1.16. The number of aromatic nitrogens is 2. The molecule has 0 aliphatic heterocycles. The average molecular weight is 209 g/mol. The molecule has 0 aliphatic rings. The first-order valence-electron chi connectivity index (χ1n) is 4.62. The van der Waals surface area contributed by atoms with Crippen molar-refractivity contribution >= 4 is 17.0 Å². The number of benzene rings is 1. The molecule has 0 unspecified atom stereocenters. The number of ether oxygens (including phenoxy) is 1. The van der Waals surface area contributed by atoms with Gasteiger partial charge in [-0.3, -0.25) is 0 Å². The standard InChI is InChI=1S/C10H12FN3O/c1-15-5-4-14-9-3-2-7(11)6-8(9)13-10(14)12/h2-3,6H,4-5H2,1H3,(H2,12,13). The lowest BCUT2D eigenvalue weighted by atomic mass is 10.3. The molecule has 4 nitrogen and oxygen atoms in total. The minimum atomic E-state index is -0.307. The number of nitrogen functional groups attached to an aromatic ring is 1. The van der Waals surface area contributed by atoms with Crippen molar-refractivity contribution in [2.45, 2.75) is 6.54 Å². The maximum absolute atomic E-state index is 12.9. The molecule has 1 aromatic heterocycles. The maximum atomic E-state index is 12.9. The number of imidazole rings is 1. The number of rotatable bonds is 3. The van der Waals surface area contributed by atoms with Gasteiger partial charge in [0.25, 0.3) is 0 Å². The van der Waals surface area contributed by atoms with Crippen LogP contribution in [0.3, 0.4) is 0 Å². The first-order valence-corrected chi connectivity index (χ1v) is 4.62. The molecule has 2 N–H and O–H groups in total. The zero-order valence-corrected chi connectivity index (χ0v) is 8.40. The molecule has 2 aromatic rings. The summed E-state index contributed by atoms with van der Waals surface area (Å²) >= 11 is 0. The summed E-state index contributed by atoms with van der Waals surface area (Å²) in [5.41, 5.74) is 7.12. The molecule has 0 bridgehead atoms. The Labute approximate surface area is 86.5 Å². The van der Waals surface area contributed by atoms with Crippen LogP contribution in [-0.2, 0) is 11.3 Å². The summed E-state index contributed by atoms with van der Waals surface area (Å²) in [6.07, 6.45) is 0. The number of hydrogen-bond donors (Lipinski definition) is 1. The normalized spacial score (nSPS) is 11.1. The Morgan fingerprint density at radius 3 is 3.07 bits per heavy atom. The number of nitrogens with two attached hydrogens (primary N) is 1. The van der Waals surface area contributed by atoms with Gasteiger partial charge in [-0.05, 0) is 12.1 Å². The molecular formula is C10H12FN3O. The second-order valence-electron chi connectivity index (χ2n) is 3.25. The number of hydrogen-bond acceptors (Lipinski definition) is 3. The van der Waals surface area contributed by atoms with E-state index in [9.17, 15) is 4.39 Å². The van der Waals surface area contributed by atoms with E-state index in [1.807, 2.05) is 0 Å².